The van der Waals surface area contributed by atoms with E-state index in [4.69, 9.17) is 16.3 Å². The minimum atomic E-state index is 0.459. The van der Waals surface area contributed by atoms with Crippen LogP contribution in [0, 0.1) is 13.8 Å². The third kappa shape index (κ3) is 8.81. The van der Waals surface area contributed by atoms with Gasteiger partial charge in [0.25, 0.3) is 0 Å². The van der Waals surface area contributed by atoms with Crippen LogP contribution < -0.4 is 10.1 Å². The molecule has 0 bridgehead atoms. The fourth-order valence-corrected chi connectivity index (χ4v) is 4.48. The molecule has 0 fully saturated rings. The Kier molecular flexibility index (Phi) is 11.0. The smallest absolute Gasteiger partial charge is 0.119 e. The van der Waals surface area contributed by atoms with Gasteiger partial charge in [-0.25, -0.2) is 0 Å². The highest BCUT2D eigenvalue weighted by Crippen LogP contribution is 2.29. The highest BCUT2D eigenvalue weighted by atomic mass is 35.5. The number of nitrogens with one attached hydrogen (secondary N) is 1. The number of hydrogen-bond acceptors (Lipinski definition) is 2. The van der Waals surface area contributed by atoms with Gasteiger partial charge in [0.2, 0.25) is 0 Å². The van der Waals surface area contributed by atoms with E-state index in [1.165, 1.54) is 40.7 Å². The van der Waals surface area contributed by atoms with Gasteiger partial charge in [-0.2, -0.15) is 0 Å². The molecule has 182 valence electrons. The van der Waals surface area contributed by atoms with Crippen molar-refractivity contribution in [2.24, 2.45) is 0 Å². The Labute approximate surface area is 211 Å². The van der Waals surface area contributed by atoms with Gasteiger partial charge in [-0.3, -0.25) is 0 Å². The molecule has 1 N–H and O–H groups in total. The van der Waals surface area contributed by atoms with E-state index in [0.29, 0.717) is 5.92 Å². The van der Waals surface area contributed by atoms with E-state index in [-0.39, 0.29) is 0 Å². The number of ether oxygens (including phenoxy) is 1. The predicted molar refractivity (Wildman–Crippen MR) is 146 cm³/mol. The second-order valence-corrected chi connectivity index (χ2v) is 9.83. The molecule has 2 nitrogen and oxygen atoms in total. The van der Waals surface area contributed by atoms with Crippen molar-refractivity contribution in [1.82, 2.24) is 5.32 Å². The Morgan fingerprint density at radius 2 is 1.65 bits per heavy atom. The maximum atomic E-state index is 6.32. The second kappa shape index (κ2) is 14.2. The molecule has 3 aromatic carbocycles. The molecule has 0 amide bonds. The van der Waals surface area contributed by atoms with Crippen LogP contribution in [-0.2, 0) is 13.0 Å². The SMILES string of the molecule is CCCCNCc1ccc(OCCCCC(Cc2ccc(C)c(C)c2)c2cccc(Cl)c2)cc1. The number of rotatable bonds is 14. The van der Waals surface area contributed by atoms with Gasteiger partial charge in [-0.15, -0.1) is 0 Å². The number of benzene rings is 3. The lowest BCUT2D eigenvalue weighted by Crippen LogP contribution is -2.14. The molecule has 0 saturated carbocycles. The minimum absolute atomic E-state index is 0.459. The Bertz CT molecular complexity index is 999. The summed E-state index contributed by atoms with van der Waals surface area (Å²) < 4.78 is 6.02. The average Bonchev–Trinajstić information content (AvgIpc) is 2.84. The van der Waals surface area contributed by atoms with Crippen molar-refractivity contribution in [2.45, 2.75) is 71.8 Å². The zero-order valence-corrected chi connectivity index (χ0v) is 21.8. The van der Waals surface area contributed by atoms with E-state index in [1.807, 2.05) is 6.07 Å². The molecule has 3 heteroatoms. The van der Waals surface area contributed by atoms with Crippen LogP contribution in [0.25, 0.3) is 0 Å². The molecule has 0 aliphatic carbocycles. The quantitative estimate of drug-likeness (QED) is 0.235. The fraction of sp³-hybridized carbons (Fsp3) is 0.419. The van der Waals surface area contributed by atoms with Gasteiger partial charge in [0.1, 0.15) is 5.75 Å². The van der Waals surface area contributed by atoms with Crippen LogP contribution in [0.1, 0.15) is 72.8 Å². The molecule has 0 aliphatic heterocycles. The van der Waals surface area contributed by atoms with Crippen molar-refractivity contribution in [2.75, 3.05) is 13.2 Å². The first-order valence-corrected chi connectivity index (χ1v) is 13.2. The summed E-state index contributed by atoms with van der Waals surface area (Å²) in [7, 11) is 0. The molecule has 0 saturated heterocycles. The molecule has 3 rings (SSSR count). The summed E-state index contributed by atoms with van der Waals surface area (Å²) >= 11 is 6.32. The van der Waals surface area contributed by atoms with Crippen LogP contribution >= 0.6 is 11.6 Å². The largest absolute Gasteiger partial charge is 0.494 e. The summed E-state index contributed by atoms with van der Waals surface area (Å²) in [5.74, 6) is 1.42. The Morgan fingerprint density at radius 3 is 2.38 bits per heavy atom. The van der Waals surface area contributed by atoms with Crippen LogP contribution in [0.5, 0.6) is 5.75 Å². The van der Waals surface area contributed by atoms with Crippen molar-refractivity contribution < 1.29 is 4.74 Å². The van der Waals surface area contributed by atoms with E-state index >= 15 is 0 Å². The van der Waals surface area contributed by atoms with Crippen LogP contribution in [0.15, 0.2) is 66.7 Å². The minimum Gasteiger partial charge on any atom is -0.494 e. The summed E-state index contributed by atoms with van der Waals surface area (Å²) in [4.78, 5) is 0. The molecule has 0 aromatic heterocycles. The number of aryl methyl sites for hydroxylation is 2. The number of halogens is 1. The van der Waals surface area contributed by atoms with Gasteiger partial charge in [0, 0.05) is 11.6 Å². The fourth-order valence-electron chi connectivity index (χ4n) is 4.28. The predicted octanol–water partition coefficient (Wildman–Crippen LogP) is 8.42. The van der Waals surface area contributed by atoms with E-state index in [9.17, 15) is 0 Å². The van der Waals surface area contributed by atoms with Crippen LogP contribution in [0.3, 0.4) is 0 Å². The van der Waals surface area contributed by atoms with Gasteiger partial charge >= 0.3 is 0 Å². The number of unbranched alkanes of at least 4 members (excludes halogenated alkanes) is 2. The zero-order valence-electron chi connectivity index (χ0n) is 21.1. The Hall–Kier alpha value is -2.29. The Morgan fingerprint density at radius 1 is 0.853 bits per heavy atom. The van der Waals surface area contributed by atoms with Gasteiger partial charge in [-0.05, 0) is 110 Å². The summed E-state index contributed by atoms with van der Waals surface area (Å²) in [6, 6.07) is 23.7. The molecule has 0 spiro atoms. The van der Waals surface area contributed by atoms with Crippen LogP contribution in [0.2, 0.25) is 5.02 Å². The van der Waals surface area contributed by atoms with E-state index in [2.05, 4.69) is 86.8 Å². The van der Waals surface area contributed by atoms with E-state index < -0.39 is 0 Å². The van der Waals surface area contributed by atoms with Gasteiger partial charge in [-0.1, -0.05) is 67.4 Å². The van der Waals surface area contributed by atoms with Gasteiger partial charge < -0.3 is 10.1 Å². The van der Waals surface area contributed by atoms with Crippen molar-refractivity contribution in [3.05, 3.63) is 99.6 Å². The summed E-state index contributed by atoms with van der Waals surface area (Å²) in [5, 5.41) is 4.30. The average molecular weight is 478 g/mol. The van der Waals surface area contributed by atoms with Crippen LogP contribution in [0.4, 0.5) is 0 Å². The standard InChI is InChI=1S/C31H40ClNO/c1-4-5-18-33-23-26-14-16-31(17-15-26)34-19-7-6-9-28(29-10-8-11-30(32)22-29)21-27-13-12-24(2)25(3)20-27/h8,10-17,20,22,28,33H,4-7,9,18-19,21,23H2,1-3H3. The first-order chi connectivity index (χ1) is 16.5. The molecular formula is C31H40ClNO. The second-order valence-electron chi connectivity index (χ2n) is 9.39. The molecule has 34 heavy (non-hydrogen) atoms. The lowest BCUT2D eigenvalue weighted by molar-refractivity contribution is 0.303. The highest BCUT2D eigenvalue weighted by molar-refractivity contribution is 6.30. The maximum Gasteiger partial charge on any atom is 0.119 e. The van der Waals surface area contributed by atoms with Crippen molar-refractivity contribution in [3.8, 4) is 5.75 Å². The van der Waals surface area contributed by atoms with Crippen LogP contribution in [-0.4, -0.2) is 13.2 Å². The summed E-state index contributed by atoms with van der Waals surface area (Å²) in [5.41, 5.74) is 6.74. The molecule has 3 aromatic rings. The maximum absolute atomic E-state index is 6.32. The Balaban J connectivity index is 1.48. The highest BCUT2D eigenvalue weighted by Gasteiger charge is 2.13. The molecule has 0 heterocycles. The van der Waals surface area contributed by atoms with Crippen molar-refractivity contribution in [1.29, 1.82) is 0 Å². The topological polar surface area (TPSA) is 21.3 Å². The third-order valence-corrected chi connectivity index (χ3v) is 6.78. The van der Waals surface area contributed by atoms with Gasteiger partial charge in [0.15, 0.2) is 0 Å². The van der Waals surface area contributed by atoms with E-state index in [0.717, 1.165) is 56.2 Å². The number of hydrogen-bond donors (Lipinski definition) is 1. The molecule has 0 radical (unpaired) electrons. The zero-order chi connectivity index (χ0) is 24.2. The molecule has 1 atom stereocenters. The molecule has 0 aliphatic rings. The first kappa shape index (κ1) is 26.3. The summed E-state index contributed by atoms with van der Waals surface area (Å²) in [6.07, 6.45) is 6.79. The van der Waals surface area contributed by atoms with E-state index in [1.54, 1.807) is 0 Å². The van der Waals surface area contributed by atoms with Crippen molar-refractivity contribution in [3.63, 3.8) is 0 Å². The summed E-state index contributed by atoms with van der Waals surface area (Å²) in [6.45, 7) is 9.34. The first-order valence-electron chi connectivity index (χ1n) is 12.8. The normalized spacial score (nSPS) is 12.0. The van der Waals surface area contributed by atoms with Gasteiger partial charge in [0.05, 0.1) is 6.61 Å². The lowest BCUT2D eigenvalue weighted by atomic mass is 9.87. The monoisotopic (exact) mass is 477 g/mol. The lowest BCUT2D eigenvalue weighted by Gasteiger charge is -2.19. The third-order valence-electron chi connectivity index (χ3n) is 6.55. The molecule has 1 unspecified atom stereocenters. The van der Waals surface area contributed by atoms with Crippen molar-refractivity contribution >= 4 is 11.6 Å². The molecular weight excluding hydrogens is 438 g/mol.